The van der Waals surface area contributed by atoms with E-state index in [0.717, 1.165) is 12.2 Å². The largest absolute Gasteiger partial charge is 0.477 e. The molecule has 2 saturated heterocycles. The molecule has 3 rings (SSSR count). The number of carbonyl (C=O) groups excluding carboxylic acids is 1. The van der Waals surface area contributed by atoms with Gasteiger partial charge in [-0.1, -0.05) is 0 Å². The van der Waals surface area contributed by atoms with Crippen molar-refractivity contribution in [2.75, 3.05) is 25.5 Å². The van der Waals surface area contributed by atoms with E-state index in [9.17, 15) is 9.59 Å². The molecule has 1 aromatic heterocycles. The van der Waals surface area contributed by atoms with Crippen LogP contribution in [0.4, 0.5) is 0 Å². The lowest BCUT2D eigenvalue weighted by Crippen LogP contribution is -2.54. The van der Waals surface area contributed by atoms with Crippen LogP contribution in [0, 0.1) is 0 Å². The van der Waals surface area contributed by atoms with E-state index in [1.165, 1.54) is 12.3 Å². The molecule has 0 aliphatic carbocycles. The third-order valence-electron chi connectivity index (χ3n) is 3.82. The summed E-state index contributed by atoms with van der Waals surface area (Å²) >= 11 is 1.85. The molecule has 1 amide bonds. The second kappa shape index (κ2) is 6.03. The number of carboxylic acids is 1. The summed E-state index contributed by atoms with van der Waals surface area (Å²) in [5.41, 5.74) is 0.287. The Morgan fingerprint density at radius 3 is 3.14 bits per heavy atom. The molecule has 0 aromatic carbocycles. The summed E-state index contributed by atoms with van der Waals surface area (Å²) in [4.78, 5) is 29.3. The van der Waals surface area contributed by atoms with E-state index < -0.39 is 5.97 Å². The Morgan fingerprint density at radius 1 is 1.48 bits per heavy atom. The van der Waals surface area contributed by atoms with Crippen molar-refractivity contribution < 1.29 is 19.4 Å². The van der Waals surface area contributed by atoms with Crippen molar-refractivity contribution in [1.82, 2.24) is 9.88 Å². The molecule has 7 heteroatoms. The number of pyridine rings is 1. The third kappa shape index (κ3) is 2.89. The summed E-state index contributed by atoms with van der Waals surface area (Å²) in [7, 11) is 0. The highest BCUT2D eigenvalue weighted by atomic mass is 32.2. The number of rotatable bonds is 2. The smallest absolute Gasteiger partial charge is 0.354 e. The second-order valence-corrected chi connectivity index (χ2v) is 6.42. The van der Waals surface area contributed by atoms with Gasteiger partial charge in [0, 0.05) is 42.0 Å². The Balaban J connectivity index is 1.83. The molecule has 2 aliphatic heterocycles. The zero-order valence-corrected chi connectivity index (χ0v) is 12.2. The summed E-state index contributed by atoms with van der Waals surface area (Å²) < 4.78 is 5.48. The lowest BCUT2D eigenvalue weighted by molar-refractivity contribution is 0.0319. The number of thioether (sulfide) groups is 1. The third-order valence-corrected chi connectivity index (χ3v) is 5.12. The number of ether oxygens (including phenoxy) is 1. The van der Waals surface area contributed by atoms with Crippen LogP contribution >= 0.6 is 11.8 Å². The van der Waals surface area contributed by atoms with Crippen LogP contribution in [-0.2, 0) is 4.74 Å². The van der Waals surface area contributed by atoms with E-state index in [4.69, 9.17) is 9.84 Å². The molecule has 2 unspecified atom stereocenters. The molecule has 0 radical (unpaired) electrons. The topological polar surface area (TPSA) is 79.7 Å². The van der Waals surface area contributed by atoms with Gasteiger partial charge in [-0.3, -0.25) is 4.79 Å². The van der Waals surface area contributed by atoms with E-state index in [0.29, 0.717) is 30.6 Å². The van der Waals surface area contributed by atoms with Gasteiger partial charge in [0.15, 0.2) is 0 Å². The molecule has 0 saturated carbocycles. The maximum Gasteiger partial charge on any atom is 0.354 e. The number of nitrogens with zero attached hydrogens (tertiary/aromatic N) is 2. The number of carboxylic acid groups (broad SMARTS) is 1. The SMILES string of the molecule is O=C(O)c1cc(C(=O)N2CCSC3COCCC32)ccn1. The van der Waals surface area contributed by atoms with Gasteiger partial charge in [0.05, 0.1) is 6.61 Å². The molecule has 3 heterocycles. The Bertz CT molecular complexity index is 564. The van der Waals surface area contributed by atoms with Crippen LogP contribution in [-0.4, -0.2) is 63.7 Å². The lowest BCUT2D eigenvalue weighted by Gasteiger charge is -2.43. The summed E-state index contributed by atoms with van der Waals surface area (Å²) in [6, 6.07) is 3.09. The summed E-state index contributed by atoms with van der Waals surface area (Å²) in [6.45, 7) is 2.04. The fourth-order valence-corrected chi connectivity index (χ4v) is 4.09. The van der Waals surface area contributed by atoms with Gasteiger partial charge in [-0.05, 0) is 18.6 Å². The Hall–Kier alpha value is -1.60. The van der Waals surface area contributed by atoms with Crippen LogP contribution in [0.3, 0.4) is 0 Å². The van der Waals surface area contributed by atoms with E-state index >= 15 is 0 Å². The Morgan fingerprint density at radius 2 is 2.33 bits per heavy atom. The van der Waals surface area contributed by atoms with Gasteiger partial charge >= 0.3 is 5.97 Å². The number of aromatic nitrogens is 1. The van der Waals surface area contributed by atoms with Crippen molar-refractivity contribution in [1.29, 1.82) is 0 Å². The normalized spacial score (nSPS) is 25.2. The van der Waals surface area contributed by atoms with Gasteiger partial charge in [0.1, 0.15) is 5.69 Å². The van der Waals surface area contributed by atoms with Crippen molar-refractivity contribution >= 4 is 23.6 Å². The maximum atomic E-state index is 12.7. The van der Waals surface area contributed by atoms with E-state index in [-0.39, 0.29) is 17.6 Å². The number of hydrogen-bond acceptors (Lipinski definition) is 5. The number of carbonyl (C=O) groups is 2. The minimum Gasteiger partial charge on any atom is -0.477 e. The molecule has 1 N–H and O–H groups in total. The van der Waals surface area contributed by atoms with Crippen LogP contribution in [0.5, 0.6) is 0 Å². The van der Waals surface area contributed by atoms with Gasteiger partial charge in [0.2, 0.25) is 0 Å². The second-order valence-electron chi connectivity index (χ2n) is 5.07. The highest BCUT2D eigenvalue weighted by Gasteiger charge is 2.37. The Kier molecular flexibility index (Phi) is 4.12. The zero-order chi connectivity index (χ0) is 14.8. The average Bonchev–Trinajstić information content (AvgIpc) is 2.53. The van der Waals surface area contributed by atoms with E-state index in [1.54, 1.807) is 6.07 Å². The van der Waals surface area contributed by atoms with Gasteiger partial charge in [0.25, 0.3) is 5.91 Å². The molecule has 2 atom stereocenters. The standard InChI is InChI=1S/C14H16N2O4S/c17-13(9-1-3-15-10(7-9)14(18)19)16-4-6-21-12-8-20-5-2-11(12)16/h1,3,7,11-12H,2,4-6,8H2,(H,18,19). The lowest BCUT2D eigenvalue weighted by atomic mass is 10.0. The Labute approximate surface area is 126 Å². The first-order chi connectivity index (χ1) is 10.2. The molecular weight excluding hydrogens is 292 g/mol. The molecule has 2 aliphatic rings. The number of aromatic carboxylic acids is 1. The zero-order valence-electron chi connectivity index (χ0n) is 11.4. The fraction of sp³-hybridized carbons (Fsp3) is 0.500. The summed E-state index contributed by atoms with van der Waals surface area (Å²) in [6.07, 6.45) is 2.21. The molecule has 0 spiro atoms. The van der Waals surface area contributed by atoms with E-state index in [2.05, 4.69) is 4.98 Å². The first kappa shape index (κ1) is 14.3. The molecule has 1 aromatic rings. The minimum absolute atomic E-state index is 0.101. The molecule has 21 heavy (non-hydrogen) atoms. The molecule has 2 fully saturated rings. The van der Waals surface area contributed by atoms with Gasteiger partial charge < -0.3 is 14.7 Å². The first-order valence-corrected chi connectivity index (χ1v) is 7.91. The number of amides is 1. The van der Waals surface area contributed by atoms with Gasteiger partial charge in [-0.15, -0.1) is 0 Å². The van der Waals surface area contributed by atoms with Crippen molar-refractivity contribution in [2.24, 2.45) is 0 Å². The van der Waals surface area contributed by atoms with E-state index in [1.807, 2.05) is 16.7 Å². The molecule has 0 bridgehead atoms. The van der Waals surface area contributed by atoms with Crippen molar-refractivity contribution in [3.8, 4) is 0 Å². The summed E-state index contributed by atoms with van der Waals surface area (Å²) in [5, 5.41) is 9.30. The van der Waals surface area contributed by atoms with Crippen LogP contribution in [0.25, 0.3) is 0 Å². The average molecular weight is 308 g/mol. The van der Waals surface area contributed by atoms with Crippen molar-refractivity contribution in [3.63, 3.8) is 0 Å². The van der Waals surface area contributed by atoms with Gasteiger partial charge in [-0.2, -0.15) is 11.8 Å². The van der Waals surface area contributed by atoms with Crippen LogP contribution in [0.2, 0.25) is 0 Å². The number of fused-ring (bicyclic) bond motifs is 1. The molecule has 112 valence electrons. The monoisotopic (exact) mass is 308 g/mol. The highest BCUT2D eigenvalue weighted by Crippen LogP contribution is 2.31. The predicted octanol–water partition coefficient (Wildman–Crippen LogP) is 1.13. The minimum atomic E-state index is -1.12. The molecular formula is C14H16N2O4S. The van der Waals surface area contributed by atoms with Crippen LogP contribution in [0.15, 0.2) is 18.3 Å². The van der Waals surface area contributed by atoms with Gasteiger partial charge in [-0.25, -0.2) is 9.78 Å². The van der Waals surface area contributed by atoms with Crippen molar-refractivity contribution in [2.45, 2.75) is 17.7 Å². The van der Waals surface area contributed by atoms with Crippen LogP contribution in [0.1, 0.15) is 27.3 Å². The van der Waals surface area contributed by atoms with Crippen molar-refractivity contribution in [3.05, 3.63) is 29.6 Å². The maximum absolute atomic E-state index is 12.7. The fourth-order valence-electron chi connectivity index (χ4n) is 2.78. The van der Waals surface area contributed by atoms with Crippen LogP contribution < -0.4 is 0 Å². The molecule has 6 nitrogen and oxygen atoms in total. The first-order valence-electron chi connectivity index (χ1n) is 6.86. The predicted molar refractivity (Wildman–Crippen MR) is 77.7 cm³/mol. The quantitative estimate of drug-likeness (QED) is 0.882. The summed E-state index contributed by atoms with van der Waals surface area (Å²) in [5.74, 6) is -0.354. The number of hydrogen-bond donors (Lipinski definition) is 1. The highest BCUT2D eigenvalue weighted by molar-refractivity contribution is 8.00.